The van der Waals surface area contributed by atoms with Crippen LogP contribution in [0.4, 0.5) is 5.69 Å². The van der Waals surface area contributed by atoms with Gasteiger partial charge in [0, 0.05) is 11.8 Å². The molecule has 144 valence electrons. The van der Waals surface area contributed by atoms with Gasteiger partial charge in [-0.05, 0) is 23.5 Å². The second-order valence-corrected chi connectivity index (χ2v) is 7.40. The smallest absolute Gasteiger partial charge is 0.239 e. The van der Waals surface area contributed by atoms with Crippen LogP contribution < -0.4 is 10.1 Å². The number of rotatable bonds is 7. The van der Waals surface area contributed by atoms with Gasteiger partial charge in [-0.2, -0.15) is 0 Å². The van der Waals surface area contributed by atoms with Crippen LogP contribution in [0.3, 0.4) is 0 Å². The predicted molar refractivity (Wildman–Crippen MR) is 106 cm³/mol. The molecule has 27 heavy (non-hydrogen) atoms. The van der Waals surface area contributed by atoms with Crippen molar-refractivity contribution in [1.29, 1.82) is 0 Å². The lowest BCUT2D eigenvalue weighted by Crippen LogP contribution is -2.56. The Morgan fingerprint density at radius 2 is 2.07 bits per heavy atom. The van der Waals surface area contributed by atoms with E-state index in [1.54, 1.807) is 13.3 Å². The summed E-state index contributed by atoms with van der Waals surface area (Å²) in [5.74, 6) is 0.885. The highest BCUT2D eigenvalue weighted by atomic mass is 16.5. The first-order valence-electron chi connectivity index (χ1n) is 9.53. The van der Waals surface area contributed by atoms with Crippen LogP contribution in [0.5, 0.6) is 5.75 Å². The largest absolute Gasteiger partial charge is 0.494 e. The van der Waals surface area contributed by atoms with Crippen molar-refractivity contribution < 1.29 is 14.3 Å². The number of nitrogens with zero attached hydrogens (tertiary/aromatic N) is 1. The number of hydrogen-bond donors (Lipinski definition) is 1. The fourth-order valence-corrected chi connectivity index (χ4v) is 3.53. The minimum Gasteiger partial charge on any atom is -0.494 e. The maximum Gasteiger partial charge on any atom is 0.239 e. The number of nitrogens with one attached hydrogen (secondary N) is 1. The SMILES string of the molecule is CCCc1cc(OC)c(NC(=O)C2(c3ccccc3C(C)C)COC2)cn1. The maximum atomic E-state index is 13.3. The first-order valence-corrected chi connectivity index (χ1v) is 9.53. The molecule has 0 radical (unpaired) electrons. The normalized spacial score (nSPS) is 15.3. The number of hydrogen-bond acceptors (Lipinski definition) is 4. The topological polar surface area (TPSA) is 60.5 Å². The molecule has 1 aromatic heterocycles. The minimum atomic E-state index is -0.673. The van der Waals surface area contributed by atoms with Crippen molar-refractivity contribution in [2.45, 2.75) is 44.9 Å². The van der Waals surface area contributed by atoms with Crippen LogP contribution in [0.25, 0.3) is 0 Å². The molecule has 1 amide bonds. The molecule has 2 aromatic rings. The van der Waals surface area contributed by atoms with Crippen molar-refractivity contribution in [3.05, 3.63) is 53.3 Å². The van der Waals surface area contributed by atoms with Crippen LogP contribution in [0, 0.1) is 0 Å². The number of carbonyl (C=O) groups is 1. The monoisotopic (exact) mass is 368 g/mol. The lowest BCUT2D eigenvalue weighted by Gasteiger charge is -2.41. The van der Waals surface area contributed by atoms with Crippen molar-refractivity contribution >= 4 is 11.6 Å². The Bertz CT molecular complexity index is 813. The van der Waals surface area contributed by atoms with E-state index in [1.807, 2.05) is 24.3 Å². The van der Waals surface area contributed by atoms with Crippen LogP contribution in [0.15, 0.2) is 36.5 Å². The summed E-state index contributed by atoms with van der Waals surface area (Å²) in [4.78, 5) is 17.7. The zero-order valence-electron chi connectivity index (χ0n) is 16.5. The highest BCUT2D eigenvalue weighted by molar-refractivity contribution is 6.01. The van der Waals surface area contributed by atoms with E-state index in [4.69, 9.17) is 9.47 Å². The number of aromatic nitrogens is 1. The third kappa shape index (κ3) is 3.69. The van der Waals surface area contributed by atoms with Gasteiger partial charge in [0.2, 0.25) is 5.91 Å². The van der Waals surface area contributed by atoms with Gasteiger partial charge in [0.25, 0.3) is 0 Å². The van der Waals surface area contributed by atoms with Crippen LogP contribution in [-0.4, -0.2) is 31.2 Å². The maximum absolute atomic E-state index is 13.3. The number of carbonyl (C=O) groups excluding carboxylic acids is 1. The van der Waals surface area contributed by atoms with Crippen molar-refractivity contribution in [1.82, 2.24) is 4.98 Å². The van der Waals surface area contributed by atoms with Gasteiger partial charge < -0.3 is 14.8 Å². The van der Waals surface area contributed by atoms with Gasteiger partial charge in [-0.1, -0.05) is 51.5 Å². The molecule has 1 fully saturated rings. The van der Waals surface area contributed by atoms with Gasteiger partial charge in [-0.3, -0.25) is 9.78 Å². The van der Waals surface area contributed by atoms with Gasteiger partial charge in [0.15, 0.2) is 0 Å². The summed E-state index contributed by atoms with van der Waals surface area (Å²) < 4.78 is 11.0. The molecule has 1 saturated heterocycles. The molecular weight excluding hydrogens is 340 g/mol. The molecule has 1 aliphatic heterocycles. The number of aryl methyl sites for hydroxylation is 1. The summed E-state index contributed by atoms with van der Waals surface area (Å²) >= 11 is 0. The van der Waals surface area contributed by atoms with Gasteiger partial charge in [0.1, 0.15) is 16.9 Å². The number of ether oxygens (including phenoxy) is 2. The Labute approximate surface area is 161 Å². The number of benzene rings is 1. The summed E-state index contributed by atoms with van der Waals surface area (Å²) in [5, 5.41) is 3.03. The molecule has 3 rings (SSSR count). The lowest BCUT2D eigenvalue weighted by molar-refractivity contribution is -0.139. The average Bonchev–Trinajstić information content (AvgIpc) is 2.62. The number of pyridine rings is 1. The molecule has 1 aliphatic rings. The van der Waals surface area contributed by atoms with E-state index in [0.29, 0.717) is 30.6 Å². The zero-order chi connectivity index (χ0) is 19.4. The number of anilines is 1. The van der Waals surface area contributed by atoms with E-state index in [1.165, 1.54) is 5.56 Å². The van der Waals surface area contributed by atoms with Gasteiger partial charge >= 0.3 is 0 Å². The van der Waals surface area contributed by atoms with Crippen LogP contribution >= 0.6 is 0 Å². The minimum absolute atomic E-state index is 0.0785. The average molecular weight is 368 g/mol. The molecular formula is C22H28N2O3. The van der Waals surface area contributed by atoms with Gasteiger partial charge in [-0.15, -0.1) is 0 Å². The Morgan fingerprint density at radius 3 is 2.67 bits per heavy atom. The van der Waals surface area contributed by atoms with E-state index >= 15 is 0 Å². The Morgan fingerprint density at radius 1 is 1.33 bits per heavy atom. The molecule has 1 aromatic carbocycles. The molecule has 5 nitrogen and oxygen atoms in total. The summed E-state index contributed by atoms with van der Waals surface area (Å²) in [6.45, 7) is 7.15. The van der Waals surface area contributed by atoms with Gasteiger partial charge in [-0.25, -0.2) is 0 Å². The first-order chi connectivity index (χ1) is 13.0. The zero-order valence-corrected chi connectivity index (χ0v) is 16.5. The fraction of sp³-hybridized carbons (Fsp3) is 0.455. The quantitative estimate of drug-likeness (QED) is 0.800. The molecule has 0 spiro atoms. The van der Waals surface area contributed by atoms with E-state index < -0.39 is 5.41 Å². The van der Waals surface area contributed by atoms with E-state index in [9.17, 15) is 4.79 Å². The molecule has 0 saturated carbocycles. The highest BCUT2D eigenvalue weighted by Crippen LogP contribution is 2.39. The molecule has 0 atom stereocenters. The molecule has 0 aliphatic carbocycles. The first kappa shape index (κ1) is 19.4. The molecule has 0 bridgehead atoms. The van der Waals surface area contributed by atoms with E-state index in [-0.39, 0.29) is 5.91 Å². The van der Waals surface area contributed by atoms with Crippen molar-refractivity contribution in [2.75, 3.05) is 25.6 Å². The van der Waals surface area contributed by atoms with Gasteiger partial charge in [0.05, 0.1) is 26.5 Å². The van der Waals surface area contributed by atoms with Crippen molar-refractivity contribution in [3.8, 4) is 5.75 Å². The number of amides is 1. The predicted octanol–water partition coefficient (Wildman–Crippen LogP) is 4.07. The molecule has 1 N–H and O–H groups in total. The third-order valence-electron chi connectivity index (χ3n) is 5.13. The summed E-state index contributed by atoms with van der Waals surface area (Å²) in [5.41, 5.74) is 3.10. The molecule has 0 unspecified atom stereocenters. The molecule has 2 heterocycles. The Hall–Kier alpha value is -2.40. The van der Waals surface area contributed by atoms with Crippen molar-refractivity contribution in [2.24, 2.45) is 0 Å². The lowest BCUT2D eigenvalue weighted by atomic mass is 9.73. The number of methoxy groups -OCH3 is 1. The van der Waals surface area contributed by atoms with E-state index in [0.717, 1.165) is 24.1 Å². The second kappa shape index (κ2) is 8.09. The summed E-state index contributed by atoms with van der Waals surface area (Å²) in [6, 6.07) is 10.0. The van der Waals surface area contributed by atoms with Crippen molar-refractivity contribution in [3.63, 3.8) is 0 Å². The fourth-order valence-electron chi connectivity index (χ4n) is 3.53. The third-order valence-corrected chi connectivity index (χ3v) is 5.13. The van der Waals surface area contributed by atoms with Crippen LogP contribution in [-0.2, 0) is 21.4 Å². The second-order valence-electron chi connectivity index (χ2n) is 7.40. The van der Waals surface area contributed by atoms with E-state index in [2.05, 4.69) is 37.1 Å². The Kier molecular flexibility index (Phi) is 5.80. The standard InChI is InChI=1S/C22H28N2O3/c1-5-8-16-11-20(26-4)19(12-23-16)24-21(25)22(13-27-14-22)18-10-7-6-9-17(18)15(2)3/h6-7,9-12,15H,5,8,13-14H2,1-4H3,(H,24,25). The van der Waals surface area contributed by atoms with Crippen LogP contribution in [0.2, 0.25) is 0 Å². The Balaban J connectivity index is 1.91. The molecule has 5 heteroatoms. The summed E-state index contributed by atoms with van der Waals surface area (Å²) in [6.07, 6.45) is 3.57. The highest BCUT2D eigenvalue weighted by Gasteiger charge is 2.49. The summed E-state index contributed by atoms with van der Waals surface area (Å²) in [7, 11) is 1.61. The van der Waals surface area contributed by atoms with Crippen LogP contribution in [0.1, 0.15) is 49.9 Å².